The highest BCUT2D eigenvalue weighted by Crippen LogP contribution is 2.23. The molecule has 0 bridgehead atoms. The summed E-state index contributed by atoms with van der Waals surface area (Å²) in [5.74, 6) is 0. The first kappa shape index (κ1) is 14.0. The molecule has 0 aromatic heterocycles. The van der Waals surface area contributed by atoms with E-state index >= 15 is 0 Å². The molecule has 0 aliphatic carbocycles. The van der Waals surface area contributed by atoms with E-state index in [1.807, 2.05) is 6.92 Å². The van der Waals surface area contributed by atoms with Gasteiger partial charge in [0.15, 0.2) is 5.05 Å². The van der Waals surface area contributed by atoms with Crippen LogP contribution in [0.15, 0.2) is 0 Å². The lowest BCUT2D eigenvalue weighted by Crippen LogP contribution is -2.48. The highest BCUT2D eigenvalue weighted by Gasteiger charge is 2.45. The Kier molecular flexibility index (Phi) is 6.46. The first-order valence-corrected chi connectivity index (χ1v) is 6.52. The predicted octanol–water partition coefficient (Wildman–Crippen LogP) is 1.62. The number of rotatable bonds is 6. The highest BCUT2D eigenvalue weighted by atomic mass is 32.1. The van der Waals surface area contributed by atoms with E-state index < -0.39 is 8.80 Å². The molecule has 1 atom stereocenters. The molecule has 0 heterocycles. The van der Waals surface area contributed by atoms with Crippen molar-refractivity contribution >= 4 is 26.1 Å². The number of hydrogen-bond acceptors (Lipinski definition) is 5. The normalized spacial score (nSPS) is 13.8. The average Bonchev–Trinajstić information content (AvgIpc) is 2.18. The van der Waals surface area contributed by atoms with Crippen molar-refractivity contribution in [1.82, 2.24) is 0 Å². The van der Waals surface area contributed by atoms with E-state index in [2.05, 4.69) is 0 Å². The quantitative estimate of drug-likeness (QED) is 0.519. The Labute approximate surface area is 91.9 Å². The Hall–Kier alpha value is -0.0131. The minimum Gasteiger partial charge on any atom is -0.487 e. The van der Waals surface area contributed by atoms with Gasteiger partial charge in [-0.2, -0.15) is 0 Å². The summed E-state index contributed by atoms with van der Waals surface area (Å²) in [6, 6.07) is 0. The molecule has 0 spiro atoms. The predicted molar refractivity (Wildman–Crippen MR) is 60.4 cm³/mol. The van der Waals surface area contributed by atoms with Gasteiger partial charge in [0.25, 0.3) is 0 Å². The van der Waals surface area contributed by atoms with Gasteiger partial charge in [-0.15, -0.1) is 0 Å². The first-order chi connectivity index (χ1) is 6.52. The Morgan fingerprint density at radius 2 is 1.64 bits per heavy atom. The summed E-state index contributed by atoms with van der Waals surface area (Å²) < 4.78 is 21.1. The molecular formula is C8H18O4SSi. The van der Waals surface area contributed by atoms with Gasteiger partial charge in [-0.05, 0) is 12.2 Å². The molecule has 0 aliphatic heterocycles. The maximum absolute atomic E-state index is 5.30. The maximum Gasteiger partial charge on any atom is 0.506 e. The highest BCUT2D eigenvalue weighted by molar-refractivity contribution is 7.80. The van der Waals surface area contributed by atoms with Crippen LogP contribution in [0, 0.1) is 0 Å². The molecule has 14 heavy (non-hydrogen) atoms. The SMILES string of the molecule is CO[Si](OC)(OC)C(C)COC(C)=S. The van der Waals surface area contributed by atoms with Crippen molar-refractivity contribution in [2.45, 2.75) is 19.4 Å². The van der Waals surface area contributed by atoms with Gasteiger partial charge in [0.05, 0.1) is 12.1 Å². The summed E-state index contributed by atoms with van der Waals surface area (Å²) in [4.78, 5) is 0. The van der Waals surface area contributed by atoms with Gasteiger partial charge in [-0.25, -0.2) is 0 Å². The number of ether oxygens (including phenoxy) is 1. The molecule has 0 N–H and O–H groups in total. The fourth-order valence-electron chi connectivity index (χ4n) is 1.20. The third-order valence-corrected chi connectivity index (χ3v) is 5.19. The van der Waals surface area contributed by atoms with Crippen molar-refractivity contribution in [3.05, 3.63) is 0 Å². The molecule has 0 saturated heterocycles. The van der Waals surface area contributed by atoms with E-state index in [0.717, 1.165) is 0 Å². The van der Waals surface area contributed by atoms with Gasteiger partial charge in [-0.3, -0.25) is 0 Å². The second-order valence-corrected chi connectivity index (χ2v) is 6.91. The molecule has 0 amide bonds. The lowest BCUT2D eigenvalue weighted by molar-refractivity contribution is 0.103. The summed E-state index contributed by atoms with van der Waals surface area (Å²) >= 11 is 4.82. The van der Waals surface area contributed by atoms with Gasteiger partial charge < -0.3 is 18.0 Å². The van der Waals surface area contributed by atoms with E-state index in [1.165, 1.54) is 0 Å². The standard InChI is InChI=1S/C8H18O4SSi/c1-7(6-12-8(2)13)14(9-3,10-4)11-5/h7H,6H2,1-5H3. The average molecular weight is 238 g/mol. The summed E-state index contributed by atoms with van der Waals surface area (Å²) in [6.45, 7) is 4.15. The first-order valence-electron chi connectivity index (χ1n) is 4.31. The molecule has 6 heteroatoms. The zero-order valence-corrected chi connectivity index (χ0v) is 11.1. The van der Waals surface area contributed by atoms with Gasteiger partial charge in [-0.1, -0.05) is 6.92 Å². The molecule has 0 saturated carbocycles. The van der Waals surface area contributed by atoms with Gasteiger partial charge >= 0.3 is 8.80 Å². The molecule has 0 radical (unpaired) electrons. The Morgan fingerprint density at radius 1 is 1.21 bits per heavy atom. The van der Waals surface area contributed by atoms with Crippen LogP contribution in [0.25, 0.3) is 0 Å². The minimum atomic E-state index is -2.57. The minimum absolute atomic E-state index is 0.0559. The Morgan fingerprint density at radius 3 is 1.93 bits per heavy atom. The molecule has 0 fully saturated rings. The van der Waals surface area contributed by atoms with E-state index in [0.29, 0.717) is 11.7 Å². The zero-order valence-electron chi connectivity index (χ0n) is 9.33. The summed E-state index contributed by atoms with van der Waals surface area (Å²) in [5.41, 5.74) is 0.0559. The Bertz CT molecular complexity index is 176. The van der Waals surface area contributed by atoms with Gasteiger partial charge in [0.2, 0.25) is 0 Å². The molecule has 0 aromatic carbocycles. The monoisotopic (exact) mass is 238 g/mol. The smallest absolute Gasteiger partial charge is 0.487 e. The summed E-state index contributed by atoms with van der Waals surface area (Å²) in [7, 11) is 2.18. The fraction of sp³-hybridized carbons (Fsp3) is 0.875. The van der Waals surface area contributed by atoms with Crippen molar-refractivity contribution in [2.24, 2.45) is 0 Å². The molecule has 84 valence electrons. The van der Waals surface area contributed by atoms with Crippen LogP contribution in [-0.2, 0) is 18.0 Å². The van der Waals surface area contributed by atoms with Crippen molar-refractivity contribution in [3.8, 4) is 0 Å². The van der Waals surface area contributed by atoms with E-state index in [-0.39, 0.29) is 5.54 Å². The third-order valence-electron chi connectivity index (χ3n) is 1.99. The van der Waals surface area contributed by atoms with Crippen molar-refractivity contribution < 1.29 is 18.0 Å². The molecular weight excluding hydrogens is 220 g/mol. The maximum atomic E-state index is 5.30. The van der Waals surface area contributed by atoms with E-state index in [9.17, 15) is 0 Å². The van der Waals surface area contributed by atoms with Crippen LogP contribution in [0.2, 0.25) is 5.54 Å². The van der Waals surface area contributed by atoms with E-state index in [1.54, 1.807) is 28.3 Å². The second-order valence-electron chi connectivity index (χ2n) is 2.92. The van der Waals surface area contributed by atoms with Gasteiger partial charge in [0.1, 0.15) is 0 Å². The van der Waals surface area contributed by atoms with Crippen LogP contribution in [0.4, 0.5) is 0 Å². The van der Waals surface area contributed by atoms with Crippen LogP contribution >= 0.6 is 12.2 Å². The summed E-state index contributed by atoms with van der Waals surface area (Å²) in [5, 5.41) is 0.517. The Balaban J connectivity index is 4.28. The van der Waals surface area contributed by atoms with Crippen molar-refractivity contribution in [2.75, 3.05) is 27.9 Å². The van der Waals surface area contributed by atoms with Crippen LogP contribution in [-0.4, -0.2) is 41.8 Å². The number of hydrogen-bond donors (Lipinski definition) is 0. The second kappa shape index (κ2) is 6.47. The van der Waals surface area contributed by atoms with Crippen LogP contribution in [0.1, 0.15) is 13.8 Å². The molecule has 4 nitrogen and oxygen atoms in total. The largest absolute Gasteiger partial charge is 0.506 e. The lowest BCUT2D eigenvalue weighted by Gasteiger charge is -2.29. The summed E-state index contributed by atoms with van der Waals surface area (Å²) in [6.07, 6.45) is 0. The fourth-order valence-corrected chi connectivity index (χ4v) is 3.26. The lowest BCUT2D eigenvalue weighted by atomic mass is 10.5. The molecule has 0 rings (SSSR count). The number of thiocarbonyl (C=S) groups is 1. The molecule has 0 aromatic rings. The topological polar surface area (TPSA) is 36.9 Å². The molecule has 0 aliphatic rings. The van der Waals surface area contributed by atoms with Crippen LogP contribution < -0.4 is 0 Å². The van der Waals surface area contributed by atoms with Gasteiger partial charge in [0, 0.05) is 28.3 Å². The van der Waals surface area contributed by atoms with Crippen molar-refractivity contribution in [1.29, 1.82) is 0 Å². The van der Waals surface area contributed by atoms with Crippen LogP contribution in [0.5, 0.6) is 0 Å². The van der Waals surface area contributed by atoms with E-state index in [4.69, 9.17) is 30.2 Å². The molecule has 1 unspecified atom stereocenters. The third kappa shape index (κ3) is 3.62. The van der Waals surface area contributed by atoms with Crippen molar-refractivity contribution in [3.63, 3.8) is 0 Å². The van der Waals surface area contributed by atoms with Crippen LogP contribution in [0.3, 0.4) is 0 Å². The zero-order chi connectivity index (χ0) is 11.2.